The SMILES string of the molecule is COc1c(C)cc(CCc2cc(C)c(OC)c(C)c2)cc1C. The van der Waals surface area contributed by atoms with E-state index in [4.69, 9.17) is 9.47 Å². The summed E-state index contributed by atoms with van der Waals surface area (Å²) in [6.45, 7) is 8.43. The van der Waals surface area contributed by atoms with Crippen LogP contribution in [0.15, 0.2) is 24.3 Å². The molecule has 2 nitrogen and oxygen atoms in total. The van der Waals surface area contributed by atoms with Crippen LogP contribution in [0.1, 0.15) is 33.4 Å². The van der Waals surface area contributed by atoms with E-state index >= 15 is 0 Å². The minimum atomic E-state index is 1.000. The molecule has 0 heterocycles. The normalized spacial score (nSPS) is 10.6. The maximum atomic E-state index is 5.44. The Kier molecular flexibility index (Phi) is 5.12. The maximum absolute atomic E-state index is 5.44. The smallest absolute Gasteiger partial charge is 0.124 e. The van der Waals surface area contributed by atoms with Gasteiger partial charge < -0.3 is 9.47 Å². The van der Waals surface area contributed by atoms with Gasteiger partial charge in [-0.1, -0.05) is 24.3 Å². The topological polar surface area (TPSA) is 18.5 Å². The van der Waals surface area contributed by atoms with Crippen molar-refractivity contribution < 1.29 is 9.47 Å². The standard InChI is InChI=1S/C20H26O2/c1-13-9-17(10-14(2)19(13)21-5)7-8-18-11-15(3)20(22-6)16(4)12-18/h9-12H,7-8H2,1-6H3. The van der Waals surface area contributed by atoms with Crippen LogP contribution in [0.3, 0.4) is 0 Å². The molecule has 0 bridgehead atoms. The number of methoxy groups -OCH3 is 2. The molecule has 0 aliphatic rings. The molecular weight excluding hydrogens is 272 g/mol. The Hall–Kier alpha value is -1.96. The van der Waals surface area contributed by atoms with Crippen LogP contribution >= 0.6 is 0 Å². The van der Waals surface area contributed by atoms with Crippen LogP contribution in [0.2, 0.25) is 0 Å². The van der Waals surface area contributed by atoms with E-state index in [9.17, 15) is 0 Å². The van der Waals surface area contributed by atoms with E-state index in [-0.39, 0.29) is 0 Å². The largest absolute Gasteiger partial charge is 0.496 e. The van der Waals surface area contributed by atoms with Crippen molar-refractivity contribution in [3.8, 4) is 11.5 Å². The molecule has 0 unspecified atom stereocenters. The maximum Gasteiger partial charge on any atom is 0.124 e. The summed E-state index contributed by atoms with van der Waals surface area (Å²) < 4.78 is 10.9. The zero-order valence-electron chi connectivity index (χ0n) is 14.5. The fourth-order valence-corrected chi connectivity index (χ4v) is 3.30. The Morgan fingerprint density at radius 2 is 0.864 bits per heavy atom. The molecule has 2 aromatic rings. The first-order valence-electron chi connectivity index (χ1n) is 7.74. The van der Waals surface area contributed by atoms with Crippen LogP contribution < -0.4 is 9.47 Å². The summed E-state index contributed by atoms with van der Waals surface area (Å²) in [4.78, 5) is 0. The number of aryl methyl sites for hydroxylation is 6. The van der Waals surface area contributed by atoms with Gasteiger partial charge in [0.25, 0.3) is 0 Å². The fraction of sp³-hybridized carbons (Fsp3) is 0.400. The van der Waals surface area contributed by atoms with Crippen molar-refractivity contribution in [1.82, 2.24) is 0 Å². The highest BCUT2D eigenvalue weighted by Crippen LogP contribution is 2.27. The molecule has 118 valence electrons. The monoisotopic (exact) mass is 298 g/mol. The highest BCUT2D eigenvalue weighted by molar-refractivity contribution is 5.45. The summed E-state index contributed by atoms with van der Waals surface area (Å²) in [7, 11) is 3.47. The van der Waals surface area contributed by atoms with E-state index in [0.29, 0.717) is 0 Å². The van der Waals surface area contributed by atoms with E-state index < -0.39 is 0 Å². The third-order valence-electron chi connectivity index (χ3n) is 4.15. The first-order chi connectivity index (χ1) is 10.5. The molecule has 2 heteroatoms. The lowest BCUT2D eigenvalue weighted by atomic mass is 9.97. The third kappa shape index (κ3) is 3.44. The van der Waals surface area contributed by atoms with Gasteiger partial charge in [-0.15, -0.1) is 0 Å². The first-order valence-corrected chi connectivity index (χ1v) is 7.74. The zero-order valence-corrected chi connectivity index (χ0v) is 14.5. The second-order valence-electron chi connectivity index (χ2n) is 6.03. The van der Waals surface area contributed by atoms with Crippen LogP contribution in [-0.2, 0) is 12.8 Å². The highest BCUT2D eigenvalue weighted by Gasteiger charge is 2.08. The lowest BCUT2D eigenvalue weighted by Crippen LogP contribution is -1.98. The molecule has 0 atom stereocenters. The fourth-order valence-electron chi connectivity index (χ4n) is 3.30. The van der Waals surface area contributed by atoms with Gasteiger partial charge in [-0.25, -0.2) is 0 Å². The molecule has 0 saturated heterocycles. The van der Waals surface area contributed by atoms with Crippen molar-refractivity contribution in [2.24, 2.45) is 0 Å². The van der Waals surface area contributed by atoms with Gasteiger partial charge in [0.2, 0.25) is 0 Å². The lowest BCUT2D eigenvalue weighted by molar-refractivity contribution is 0.408. The Bertz CT molecular complexity index is 566. The molecule has 2 rings (SSSR count). The summed E-state index contributed by atoms with van der Waals surface area (Å²) >= 11 is 0. The molecule has 0 N–H and O–H groups in total. The van der Waals surface area contributed by atoms with Gasteiger partial charge in [0.15, 0.2) is 0 Å². The average molecular weight is 298 g/mol. The molecule has 0 amide bonds. The molecule has 0 fully saturated rings. The van der Waals surface area contributed by atoms with Gasteiger partial charge in [0, 0.05) is 0 Å². The van der Waals surface area contributed by atoms with Crippen molar-refractivity contribution in [1.29, 1.82) is 0 Å². The van der Waals surface area contributed by atoms with Crippen molar-refractivity contribution in [3.05, 3.63) is 57.6 Å². The second-order valence-corrected chi connectivity index (χ2v) is 6.03. The minimum Gasteiger partial charge on any atom is -0.496 e. The number of benzene rings is 2. The number of ether oxygens (including phenoxy) is 2. The van der Waals surface area contributed by atoms with E-state index in [1.807, 2.05) is 0 Å². The molecule has 0 aliphatic heterocycles. The van der Waals surface area contributed by atoms with Crippen molar-refractivity contribution in [3.63, 3.8) is 0 Å². The minimum absolute atomic E-state index is 1.000. The van der Waals surface area contributed by atoms with Crippen LogP contribution in [0.25, 0.3) is 0 Å². The molecule has 0 radical (unpaired) electrons. The van der Waals surface area contributed by atoms with Crippen molar-refractivity contribution in [2.75, 3.05) is 14.2 Å². The van der Waals surface area contributed by atoms with Gasteiger partial charge in [-0.2, -0.15) is 0 Å². The molecule has 22 heavy (non-hydrogen) atoms. The van der Waals surface area contributed by atoms with Crippen LogP contribution in [0.4, 0.5) is 0 Å². The molecule has 2 aromatic carbocycles. The summed E-state index contributed by atoms with van der Waals surface area (Å²) in [6, 6.07) is 8.92. The van der Waals surface area contributed by atoms with E-state index in [1.54, 1.807) is 14.2 Å². The summed E-state index contributed by atoms with van der Waals surface area (Å²) in [5, 5.41) is 0. The van der Waals surface area contributed by atoms with Crippen molar-refractivity contribution in [2.45, 2.75) is 40.5 Å². The van der Waals surface area contributed by atoms with Crippen LogP contribution in [0.5, 0.6) is 11.5 Å². The second kappa shape index (κ2) is 6.87. The summed E-state index contributed by atoms with van der Waals surface area (Å²) in [5.74, 6) is 2.00. The molecule has 0 aromatic heterocycles. The van der Waals surface area contributed by atoms with Crippen LogP contribution in [-0.4, -0.2) is 14.2 Å². The Morgan fingerprint density at radius 1 is 0.591 bits per heavy atom. The summed E-state index contributed by atoms with van der Waals surface area (Å²) in [5.41, 5.74) is 7.56. The quantitative estimate of drug-likeness (QED) is 0.795. The molecule has 0 saturated carbocycles. The third-order valence-corrected chi connectivity index (χ3v) is 4.15. The highest BCUT2D eigenvalue weighted by atomic mass is 16.5. The number of hydrogen-bond acceptors (Lipinski definition) is 2. The van der Waals surface area contributed by atoms with Gasteiger partial charge in [0.05, 0.1) is 14.2 Å². The van der Waals surface area contributed by atoms with E-state index in [1.165, 1.54) is 33.4 Å². The number of hydrogen-bond donors (Lipinski definition) is 0. The predicted molar refractivity (Wildman–Crippen MR) is 92.3 cm³/mol. The Balaban J connectivity index is 2.17. The van der Waals surface area contributed by atoms with Gasteiger partial charge in [-0.05, 0) is 73.9 Å². The molecule has 0 spiro atoms. The van der Waals surface area contributed by atoms with Gasteiger partial charge >= 0.3 is 0 Å². The Morgan fingerprint density at radius 3 is 1.09 bits per heavy atom. The number of rotatable bonds is 5. The Labute approximate surface area is 134 Å². The molecular formula is C20H26O2. The van der Waals surface area contributed by atoms with E-state index in [0.717, 1.165) is 24.3 Å². The lowest BCUT2D eigenvalue weighted by Gasteiger charge is -2.13. The summed E-state index contributed by atoms with van der Waals surface area (Å²) in [6.07, 6.45) is 2.08. The van der Waals surface area contributed by atoms with Crippen molar-refractivity contribution >= 4 is 0 Å². The van der Waals surface area contributed by atoms with Gasteiger partial charge in [-0.3, -0.25) is 0 Å². The van der Waals surface area contributed by atoms with Gasteiger partial charge in [0.1, 0.15) is 11.5 Å². The molecule has 0 aliphatic carbocycles. The average Bonchev–Trinajstić information content (AvgIpc) is 2.44. The first kappa shape index (κ1) is 16.4. The predicted octanol–water partition coefficient (Wildman–Crippen LogP) is 4.72. The zero-order chi connectivity index (χ0) is 16.3. The van der Waals surface area contributed by atoms with Crippen LogP contribution in [0, 0.1) is 27.7 Å². The van der Waals surface area contributed by atoms with E-state index in [2.05, 4.69) is 52.0 Å².